The first-order valence-electron chi connectivity index (χ1n) is 6.23. The third-order valence-electron chi connectivity index (χ3n) is 3.87. The summed E-state index contributed by atoms with van der Waals surface area (Å²) in [5, 5.41) is 19.6. The molecule has 2 unspecified atom stereocenters. The second-order valence-electron chi connectivity index (χ2n) is 5.18. The van der Waals surface area contributed by atoms with Crippen LogP contribution in [0.3, 0.4) is 0 Å². The van der Waals surface area contributed by atoms with Crippen molar-refractivity contribution in [3.8, 4) is 5.75 Å². The Kier molecular flexibility index (Phi) is 1.93. The number of rotatable bonds is 0. The molecule has 4 nitrogen and oxygen atoms in total. The highest BCUT2D eigenvalue weighted by molar-refractivity contribution is 5.94. The number of nitrogens with zero attached hydrogens (tertiary/aromatic N) is 2. The van der Waals surface area contributed by atoms with Crippen LogP contribution >= 0.6 is 0 Å². The molecule has 0 spiro atoms. The highest BCUT2D eigenvalue weighted by Gasteiger charge is 2.54. The fraction of sp³-hybridized carbons (Fsp3) is 0.200. The first kappa shape index (κ1) is 10.7. The lowest BCUT2D eigenvalue weighted by molar-refractivity contribution is 0.188. The molecule has 0 saturated heterocycles. The van der Waals surface area contributed by atoms with Gasteiger partial charge >= 0.3 is 0 Å². The number of aliphatic hydroxyl groups is 1. The number of hydrogen-bond acceptors (Lipinski definition) is 4. The van der Waals surface area contributed by atoms with Gasteiger partial charge in [-0.15, -0.1) is 0 Å². The maximum Gasteiger partial charge on any atom is 0.116 e. The molecular weight excluding hydrogens is 240 g/mol. The molecule has 2 aliphatic carbocycles. The van der Waals surface area contributed by atoms with Crippen LogP contribution in [0.5, 0.6) is 5.75 Å². The van der Waals surface area contributed by atoms with Crippen LogP contribution in [0.25, 0.3) is 0 Å². The molecule has 2 N–H and O–H groups in total. The van der Waals surface area contributed by atoms with E-state index in [9.17, 15) is 10.2 Å². The van der Waals surface area contributed by atoms with Crippen molar-refractivity contribution < 1.29 is 10.2 Å². The summed E-state index contributed by atoms with van der Waals surface area (Å²) in [5.74, 6) is 0.318. The fourth-order valence-corrected chi connectivity index (χ4v) is 2.64. The van der Waals surface area contributed by atoms with E-state index in [2.05, 4.69) is 9.98 Å². The summed E-state index contributed by atoms with van der Waals surface area (Å²) in [6.45, 7) is 0. The average Bonchev–Trinajstić information content (AvgIpc) is 3.04. The van der Waals surface area contributed by atoms with Gasteiger partial charge in [-0.05, 0) is 30.7 Å². The lowest BCUT2D eigenvalue weighted by Crippen LogP contribution is -2.13. The molecule has 0 radical (unpaired) electrons. The predicted octanol–water partition coefficient (Wildman–Crippen LogP) is 2.10. The van der Waals surface area contributed by atoms with Gasteiger partial charge in [0.1, 0.15) is 5.75 Å². The first-order valence-corrected chi connectivity index (χ1v) is 6.23. The molecule has 1 aromatic carbocycles. The minimum atomic E-state index is -0.683. The first-order chi connectivity index (χ1) is 9.16. The molecular formula is C15H12N2O2. The number of hydrogen-bond donors (Lipinski definition) is 2. The Balaban J connectivity index is 1.83. The Morgan fingerprint density at radius 2 is 2.11 bits per heavy atom. The standard InChI is InChI=1S/C15H12N2O2/c18-10-1-2-13-9(5-10)7-16-14-3-4-15(19)6-12(15)11(14)8-17-13/h1-5,7-8,12,18-19H,6H2. The third-order valence-corrected chi connectivity index (χ3v) is 3.87. The molecule has 0 bridgehead atoms. The van der Waals surface area contributed by atoms with E-state index < -0.39 is 5.60 Å². The number of fused-ring (bicyclic) bond motifs is 3. The van der Waals surface area contributed by atoms with Crippen molar-refractivity contribution in [2.45, 2.75) is 12.0 Å². The van der Waals surface area contributed by atoms with Crippen molar-refractivity contribution in [3.05, 3.63) is 47.2 Å². The van der Waals surface area contributed by atoms with E-state index in [0.717, 1.165) is 28.9 Å². The minimum Gasteiger partial charge on any atom is -0.508 e. The van der Waals surface area contributed by atoms with Crippen LogP contribution in [0, 0.1) is 5.92 Å². The monoisotopic (exact) mass is 252 g/mol. The molecule has 3 aliphatic rings. The molecule has 4 heteroatoms. The molecule has 94 valence electrons. The second-order valence-corrected chi connectivity index (χ2v) is 5.18. The molecule has 2 atom stereocenters. The lowest BCUT2D eigenvalue weighted by atomic mass is 10.0. The van der Waals surface area contributed by atoms with Crippen molar-refractivity contribution in [2.24, 2.45) is 15.9 Å². The zero-order valence-corrected chi connectivity index (χ0v) is 10.1. The molecule has 1 heterocycles. The van der Waals surface area contributed by atoms with Gasteiger partial charge < -0.3 is 10.2 Å². The molecule has 0 aromatic heterocycles. The minimum absolute atomic E-state index is 0.118. The topological polar surface area (TPSA) is 65.2 Å². The molecule has 1 saturated carbocycles. The number of aliphatic imine (C=N–C) groups is 2. The SMILES string of the molecule is Oc1ccc2c(c1)C=NC1=C(C=N2)C2CC2(O)C=C1. The summed E-state index contributed by atoms with van der Waals surface area (Å²) >= 11 is 0. The van der Waals surface area contributed by atoms with E-state index in [0.29, 0.717) is 0 Å². The predicted molar refractivity (Wildman–Crippen MR) is 73.1 cm³/mol. The van der Waals surface area contributed by atoms with Crippen molar-refractivity contribution in [2.75, 3.05) is 0 Å². The van der Waals surface area contributed by atoms with Gasteiger partial charge in [0.25, 0.3) is 0 Å². The van der Waals surface area contributed by atoms with E-state index in [1.807, 2.05) is 12.2 Å². The third kappa shape index (κ3) is 1.57. The summed E-state index contributed by atoms with van der Waals surface area (Å²) in [6, 6.07) is 5.01. The maximum atomic E-state index is 10.1. The quantitative estimate of drug-likeness (QED) is 0.742. The van der Waals surface area contributed by atoms with Crippen LogP contribution in [0.4, 0.5) is 5.69 Å². The van der Waals surface area contributed by atoms with E-state index in [1.165, 1.54) is 0 Å². The van der Waals surface area contributed by atoms with Gasteiger partial charge in [0.15, 0.2) is 0 Å². The van der Waals surface area contributed by atoms with Gasteiger partial charge in [-0.3, -0.25) is 9.98 Å². The van der Waals surface area contributed by atoms with E-state index in [1.54, 1.807) is 30.6 Å². The van der Waals surface area contributed by atoms with Crippen molar-refractivity contribution in [1.82, 2.24) is 0 Å². The van der Waals surface area contributed by atoms with Crippen LogP contribution < -0.4 is 0 Å². The van der Waals surface area contributed by atoms with Crippen molar-refractivity contribution >= 4 is 18.1 Å². The molecule has 4 rings (SSSR count). The zero-order valence-electron chi connectivity index (χ0n) is 10.1. The average molecular weight is 252 g/mol. The number of aromatic hydroxyl groups is 1. The van der Waals surface area contributed by atoms with Gasteiger partial charge in [-0.25, -0.2) is 0 Å². The highest BCUT2D eigenvalue weighted by atomic mass is 16.3. The van der Waals surface area contributed by atoms with Gasteiger partial charge in [-0.1, -0.05) is 6.08 Å². The van der Waals surface area contributed by atoms with Crippen LogP contribution in [0.2, 0.25) is 0 Å². The molecule has 1 aliphatic heterocycles. The van der Waals surface area contributed by atoms with Crippen molar-refractivity contribution in [3.63, 3.8) is 0 Å². The van der Waals surface area contributed by atoms with Crippen LogP contribution in [0.1, 0.15) is 12.0 Å². The van der Waals surface area contributed by atoms with E-state index in [4.69, 9.17) is 0 Å². The normalized spacial score (nSPS) is 30.3. The van der Waals surface area contributed by atoms with Crippen LogP contribution in [-0.4, -0.2) is 28.2 Å². The smallest absolute Gasteiger partial charge is 0.116 e. The van der Waals surface area contributed by atoms with Crippen LogP contribution in [0.15, 0.2) is 51.6 Å². The Bertz CT molecular complexity index is 700. The Morgan fingerprint density at radius 1 is 1.21 bits per heavy atom. The van der Waals surface area contributed by atoms with Crippen molar-refractivity contribution in [1.29, 1.82) is 0 Å². The molecule has 1 aromatic rings. The van der Waals surface area contributed by atoms with Gasteiger partial charge in [0.2, 0.25) is 0 Å². The summed E-state index contributed by atoms with van der Waals surface area (Å²) < 4.78 is 0. The van der Waals surface area contributed by atoms with Crippen LogP contribution in [-0.2, 0) is 0 Å². The Morgan fingerprint density at radius 3 is 3.00 bits per heavy atom. The number of allylic oxidation sites excluding steroid dienone is 1. The Labute approximate surface area is 110 Å². The summed E-state index contributed by atoms with van der Waals surface area (Å²) in [7, 11) is 0. The molecule has 0 amide bonds. The summed E-state index contributed by atoms with van der Waals surface area (Å²) in [6.07, 6.45) is 7.89. The second kappa shape index (κ2) is 3.42. The number of phenolic OH excluding ortho intramolecular Hbond substituents is 1. The van der Waals surface area contributed by atoms with E-state index >= 15 is 0 Å². The molecule has 19 heavy (non-hydrogen) atoms. The molecule has 1 fully saturated rings. The lowest BCUT2D eigenvalue weighted by Gasteiger charge is -2.15. The Hall–Kier alpha value is -2.20. The summed E-state index contributed by atoms with van der Waals surface area (Å²) in [4.78, 5) is 8.90. The summed E-state index contributed by atoms with van der Waals surface area (Å²) in [5.41, 5.74) is 2.70. The van der Waals surface area contributed by atoms with Gasteiger partial charge in [0.05, 0.1) is 17.0 Å². The zero-order chi connectivity index (χ0) is 13.0. The highest BCUT2D eigenvalue weighted by Crippen LogP contribution is 2.52. The maximum absolute atomic E-state index is 10.1. The van der Waals surface area contributed by atoms with Gasteiger partial charge in [0, 0.05) is 29.5 Å². The largest absolute Gasteiger partial charge is 0.508 e. The fourth-order valence-electron chi connectivity index (χ4n) is 2.64. The number of phenols is 1. The number of benzene rings is 1. The van der Waals surface area contributed by atoms with Gasteiger partial charge in [-0.2, -0.15) is 0 Å². The van der Waals surface area contributed by atoms with E-state index in [-0.39, 0.29) is 11.7 Å².